The van der Waals surface area contributed by atoms with Crippen LogP contribution in [0.25, 0.3) is 0 Å². The van der Waals surface area contributed by atoms with E-state index in [1.54, 1.807) is 6.07 Å². The van der Waals surface area contributed by atoms with Gasteiger partial charge >= 0.3 is 0 Å². The fourth-order valence-corrected chi connectivity index (χ4v) is 5.95. The lowest BCUT2D eigenvalue weighted by Gasteiger charge is -2.40. The van der Waals surface area contributed by atoms with Crippen LogP contribution >= 0.6 is 11.6 Å². The van der Waals surface area contributed by atoms with Gasteiger partial charge in [0.05, 0.1) is 19.1 Å². The molecule has 0 saturated carbocycles. The first-order chi connectivity index (χ1) is 19.8. The molecule has 3 rings (SSSR count). The van der Waals surface area contributed by atoms with Crippen LogP contribution in [0.4, 0.5) is 0 Å². The molecular weight excluding hydrogens is 564 g/mol. The van der Waals surface area contributed by atoms with E-state index < -0.39 is 8.32 Å². The average molecular weight is 611 g/mol. The minimum absolute atomic E-state index is 0.00838. The second kappa shape index (κ2) is 15.2. The predicted octanol–water partition coefficient (Wildman–Crippen LogP) is 6.72. The maximum Gasteiger partial charge on any atom is 0.224 e. The Kier molecular flexibility index (Phi) is 12.2. The molecule has 0 aliphatic carbocycles. The number of carbonyl (C=O) groups excluding carboxylic acids is 1. The summed E-state index contributed by atoms with van der Waals surface area (Å²) < 4.78 is 6.82. The third-order valence-corrected chi connectivity index (χ3v) is 12.8. The maximum atomic E-state index is 12.6. The second-order valence-electron chi connectivity index (χ2n) is 12.6. The number of nitrogens with one attached hydrogen (secondary N) is 2. The number of carbonyl (C=O) groups is 1. The lowest BCUT2D eigenvalue weighted by Crippen LogP contribution is -2.44. The van der Waals surface area contributed by atoms with Crippen LogP contribution in [0.5, 0.6) is 5.75 Å². The van der Waals surface area contributed by atoms with E-state index in [0.29, 0.717) is 30.1 Å². The number of aromatic hydroxyl groups is 1. The van der Waals surface area contributed by atoms with Crippen molar-refractivity contribution in [2.24, 2.45) is 0 Å². The van der Waals surface area contributed by atoms with E-state index in [4.69, 9.17) is 16.0 Å². The lowest BCUT2D eigenvalue weighted by molar-refractivity contribution is -0.120. The Morgan fingerprint density at radius 1 is 1.00 bits per heavy atom. The van der Waals surface area contributed by atoms with Gasteiger partial charge in [-0.15, -0.1) is 0 Å². The first-order valence-corrected chi connectivity index (χ1v) is 18.0. The van der Waals surface area contributed by atoms with Gasteiger partial charge in [-0.3, -0.25) is 4.79 Å². The van der Waals surface area contributed by atoms with E-state index in [2.05, 4.69) is 63.6 Å². The summed E-state index contributed by atoms with van der Waals surface area (Å²) in [6.45, 7) is 14.2. The molecule has 4 N–H and O–H groups in total. The molecule has 0 fully saturated rings. The van der Waals surface area contributed by atoms with Crippen LogP contribution in [-0.2, 0) is 35.1 Å². The standard InChI is InChI=1S/C34H47ClN2O4Si/c1-24(37-22-32(41-42(5,6)34(2,3)4)28-12-15-31(39)29(21-28)23-38)18-26-8-7-9-27(19-26)20-33(40)36-17-16-25-10-13-30(35)14-11-25/h7-15,19,21,24,32,37-39H,16-18,20,22-23H2,1-6H3,(H,36,40)/t24-,32+/m1/s1. The lowest BCUT2D eigenvalue weighted by atomic mass is 10.0. The highest BCUT2D eigenvalue weighted by Gasteiger charge is 2.39. The normalized spacial score (nSPS) is 13.5. The van der Waals surface area contributed by atoms with Gasteiger partial charge in [0, 0.05) is 29.7 Å². The minimum atomic E-state index is -2.10. The molecule has 0 aliphatic rings. The van der Waals surface area contributed by atoms with Gasteiger partial charge in [0.25, 0.3) is 0 Å². The van der Waals surface area contributed by atoms with E-state index in [9.17, 15) is 15.0 Å². The maximum absolute atomic E-state index is 12.6. The van der Waals surface area contributed by atoms with Crippen molar-refractivity contribution in [2.45, 2.75) is 83.8 Å². The zero-order valence-electron chi connectivity index (χ0n) is 25.8. The fourth-order valence-electron chi connectivity index (χ4n) is 4.54. The molecule has 2 atom stereocenters. The molecule has 3 aromatic rings. The highest BCUT2D eigenvalue weighted by Crippen LogP contribution is 2.40. The highest BCUT2D eigenvalue weighted by atomic mass is 35.5. The Morgan fingerprint density at radius 3 is 2.36 bits per heavy atom. The van der Waals surface area contributed by atoms with Gasteiger partial charge in [-0.05, 0) is 84.4 Å². The minimum Gasteiger partial charge on any atom is -0.508 e. The summed E-state index contributed by atoms with van der Waals surface area (Å²) in [7, 11) is -2.10. The number of aliphatic hydroxyl groups excluding tert-OH is 1. The number of amides is 1. The van der Waals surface area contributed by atoms with Crippen molar-refractivity contribution in [1.82, 2.24) is 10.6 Å². The predicted molar refractivity (Wildman–Crippen MR) is 175 cm³/mol. The molecule has 0 unspecified atom stereocenters. The van der Waals surface area contributed by atoms with E-state index >= 15 is 0 Å². The van der Waals surface area contributed by atoms with Crippen LogP contribution in [0, 0.1) is 0 Å². The summed E-state index contributed by atoms with van der Waals surface area (Å²) in [6, 6.07) is 21.4. The van der Waals surface area contributed by atoms with Gasteiger partial charge in [-0.1, -0.05) is 74.8 Å². The van der Waals surface area contributed by atoms with E-state index in [-0.39, 0.29) is 35.4 Å². The van der Waals surface area contributed by atoms with Crippen molar-refractivity contribution in [3.8, 4) is 5.75 Å². The summed E-state index contributed by atoms with van der Waals surface area (Å²) in [4.78, 5) is 12.6. The Balaban J connectivity index is 1.58. The molecule has 42 heavy (non-hydrogen) atoms. The molecule has 1 amide bonds. The molecule has 3 aromatic carbocycles. The van der Waals surface area contributed by atoms with Crippen LogP contribution in [-0.4, -0.2) is 43.6 Å². The van der Waals surface area contributed by atoms with Gasteiger partial charge < -0.3 is 25.3 Å². The van der Waals surface area contributed by atoms with E-state index in [1.165, 1.54) is 0 Å². The summed E-state index contributed by atoms with van der Waals surface area (Å²) >= 11 is 5.95. The summed E-state index contributed by atoms with van der Waals surface area (Å²) in [6.07, 6.45) is 1.68. The Hall–Kier alpha value is -2.68. The third-order valence-electron chi connectivity index (χ3n) is 8.09. The molecule has 0 spiro atoms. The fraction of sp³-hybridized carbons (Fsp3) is 0.441. The number of hydrogen-bond donors (Lipinski definition) is 4. The summed E-state index contributed by atoms with van der Waals surface area (Å²) in [5.41, 5.74) is 4.72. The Labute approximate surface area is 257 Å². The molecule has 0 bridgehead atoms. The molecule has 0 radical (unpaired) electrons. The number of benzene rings is 3. The van der Waals surface area contributed by atoms with Crippen LogP contribution in [0.1, 0.15) is 61.6 Å². The average Bonchev–Trinajstić information content (AvgIpc) is 2.92. The number of phenols is 1. The van der Waals surface area contributed by atoms with Gasteiger partial charge in [0.2, 0.25) is 5.91 Å². The van der Waals surface area contributed by atoms with Gasteiger partial charge in [-0.25, -0.2) is 0 Å². The molecule has 8 heteroatoms. The Bertz CT molecular complexity index is 1310. The monoisotopic (exact) mass is 610 g/mol. The van der Waals surface area contributed by atoms with Gasteiger partial charge in [-0.2, -0.15) is 0 Å². The van der Waals surface area contributed by atoms with Crippen molar-refractivity contribution in [3.63, 3.8) is 0 Å². The van der Waals surface area contributed by atoms with Crippen LogP contribution in [0.3, 0.4) is 0 Å². The highest BCUT2D eigenvalue weighted by molar-refractivity contribution is 6.74. The first kappa shape index (κ1) is 33.8. The second-order valence-corrected chi connectivity index (χ2v) is 17.8. The van der Waals surface area contributed by atoms with Crippen molar-refractivity contribution in [1.29, 1.82) is 0 Å². The molecule has 0 aromatic heterocycles. The quantitative estimate of drug-likeness (QED) is 0.152. The molecule has 0 saturated heterocycles. The molecular formula is C34H47ClN2O4Si. The summed E-state index contributed by atoms with van der Waals surface area (Å²) in [5, 5.41) is 27.2. The van der Waals surface area contributed by atoms with E-state index in [1.807, 2.05) is 48.5 Å². The van der Waals surface area contributed by atoms with Crippen LogP contribution in [0.15, 0.2) is 66.7 Å². The van der Waals surface area contributed by atoms with E-state index in [0.717, 1.165) is 35.1 Å². The molecule has 6 nitrogen and oxygen atoms in total. The first-order valence-electron chi connectivity index (χ1n) is 14.7. The molecule has 0 aliphatic heterocycles. The number of halogens is 1. The largest absolute Gasteiger partial charge is 0.508 e. The van der Waals surface area contributed by atoms with Crippen LogP contribution in [0.2, 0.25) is 23.2 Å². The number of rotatable bonds is 14. The van der Waals surface area contributed by atoms with Crippen molar-refractivity contribution >= 4 is 25.8 Å². The zero-order chi connectivity index (χ0) is 30.9. The van der Waals surface area contributed by atoms with Crippen LogP contribution < -0.4 is 10.6 Å². The smallest absolute Gasteiger partial charge is 0.224 e. The summed E-state index contributed by atoms with van der Waals surface area (Å²) in [5.74, 6) is 0.0952. The molecule has 228 valence electrons. The number of aliphatic hydroxyl groups is 1. The SMILES string of the molecule is C[C@H](Cc1cccc(CC(=O)NCCc2ccc(Cl)cc2)c1)NC[C@H](O[Si](C)(C)C(C)(C)C)c1ccc(O)c(CO)c1. The Morgan fingerprint density at radius 2 is 1.69 bits per heavy atom. The molecule has 0 heterocycles. The van der Waals surface area contributed by atoms with Crippen molar-refractivity contribution in [2.75, 3.05) is 13.1 Å². The third kappa shape index (κ3) is 10.2. The van der Waals surface area contributed by atoms with Crippen molar-refractivity contribution in [3.05, 3.63) is 99.6 Å². The van der Waals surface area contributed by atoms with Crippen molar-refractivity contribution < 1.29 is 19.4 Å². The van der Waals surface area contributed by atoms with Gasteiger partial charge in [0.1, 0.15) is 5.75 Å². The number of hydrogen-bond acceptors (Lipinski definition) is 5. The van der Waals surface area contributed by atoms with Gasteiger partial charge in [0.15, 0.2) is 8.32 Å². The zero-order valence-corrected chi connectivity index (χ0v) is 27.6. The topological polar surface area (TPSA) is 90.8 Å².